The molecule has 0 spiro atoms. The molecule has 6 heteroatoms. The van der Waals surface area contributed by atoms with Crippen LogP contribution in [0, 0.1) is 0 Å². The van der Waals surface area contributed by atoms with Crippen molar-refractivity contribution in [1.29, 1.82) is 0 Å². The molecule has 0 saturated heterocycles. The Labute approximate surface area is 141 Å². The average molecular weight is 341 g/mol. The lowest BCUT2D eigenvalue weighted by Gasteiger charge is -2.28. The van der Waals surface area contributed by atoms with Crippen LogP contribution in [0.15, 0.2) is 24.3 Å². The lowest BCUT2D eigenvalue weighted by Crippen LogP contribution is -2.42. The Morgan fingerprint density at radius 3 is 2.17 bits per heavy atom. The number of phenols is 1. The van der Waals surface area contributed by atoms with Crippen molar-refractivity contribution in [3.63, 3.8) is 0 Å². The molecule has 3 rings (SSSR count). The number of rotatable bonds is 2. The molecule has 24 heavy (non-hydrogen) atoms. The molecule has 1 unspecified atom stereocenters. The molecule has 0 heterocycles. The zero-order chi connectivity index (χ0) is 18.0. The van der Waals surface area contributed by atoms with E-state index < -0.39 is 11.8 Å². The third kappa shape index (κ3) is 5.65. The third-order valence-corrected chi connectivity index (χ3v) is 3.95. The first-order valence-corrected chi connectivity index (χ1v) is 8.23. The Hall–Kier alpha value is -1.85. The summed E-state index contributed by atoms with van der Waals surface area (Å²) in [6.45, 7) is 5.61. The highest BCUT2D eigenvalue weighted by Crippen LogP contribution is 2.55. The molecular weight excluding hydrogens is 316 g/mol. The summed E-state index contributed by atoms with van der Waals surface area (Å²) >= 11 is 0. The summed E-state index contributed by atoms with van der Waals surface area (Å²) in [5, 5.41) is 11.7. The third-order valence-electron chi connectivity index (χ3n) is 3.95. The van der Waals surface area contributed by atoms with Crippen LogP contribution in [-0.2, 0) is 4.74 Å². The maximum Gasteiger partial charge on any atom is 0.407 e. The van der Waals surface area contributed by atoms with E-state index in [4.69, 9.17) is 9.84 Å². The lowest BCUT2D eigenvalue weighted by molar-refractivity contribution is 0.0479. The maximum atomic E-state index is 12.5. The van der Waals surface area contributed by atoms with E-state index in [9.17, 15) is 13.6 Å². The highest BCUT2D eigenvalue weighted by Gasteiger charge is 2.57. The van der Waals surface area contributed by atoms with Crippen molar-refractivity contribution in [2.75, 3.05) is 0 Å². The summed E-state index contributed by atoms with van der Waals surface area (Å²) in [6, 6.07) is 6.31. The van der Waals surface area contributed by atoms with Gasteiger partial charge in [0.1, 0.15) is 11.4 Å². The Kier molecular flexibility index (Phi) is 5.35. The van der Waals surface area contributed by atoms with Crippen molar-refractivity contribution >= 4 is 6.09 Å². The van der Waals surface area contributed by atoms with Crippen LogP contribution >= 0.6 is 0 Å². The number of carbonyl (C=O) groups is 1. The van der Waals surface area contributed by atoms with E-state index in [0.717, 1.165) is 12.8 Å². The van der Waals surface area contributed by atoms with E-state index in [-0.39, 0.29) is 23.9 Å². The SMILES string of the molecule is CC(C)(C)OC(=O)NC1CCC1.Oc1ccc(C2CC2(F)F)cc1. The molecule has 1 atom stereocenters. The fourth-order valence-corrected chi connectivity index (χ4v) is 2.31. The fourth-order valence-electron chi connectivity index (χ4n) is 2.31. The number of phenolic OH excluding ortho intramolecular Hbond substituents is 1. The summed E-state index contributed by atoms with van der Waals surface area (Å²) in [4.78, 5) is 11.1. The molecule has 2 aliphatic rings. The standard InChI is InChI=1S/C9H8F2O.C9H17NO2/c10-9(11)5-8(9)6-1-3-7(12)4-2-6;1-9(2,3)12-8(11)10-7-5-4-6-7/h1-4,8,12H,5H2;7H,4-6H2,1-3H3,(H,10,11). The van der Waals surface area contributed by atoms with Gasteiger partial charge in [-0.05, 0) is 57.7 Å². The van der Waals surface area contributed by atoms with Gasteiger partial charge >= 0.3 is 6.09 Å². The zero-order valence-electron chi connectivity index (χ0n) is 14.3. The summed E-state index contributed by atoms with van der Waals surface area (Å²) in [5.41, 5.74) is 0.228. The summed E-state index contributed by atoms with van der Waals surface area (Å²) in [6.07, 6.45) is 3.07. The van der Waals surface area contributed by atoms with Crippen molar-refractivity contribution in [3.8, 4) is 5.75 Å². The van der Waals surface area contributed by atoms with E-state index >= 15 is 0 Å². The van der Waals surface area contributed by atoms with Gasteiger partial charge < -0.3 is 15.2 Å². The van der Waals surface area contributed by atoms with Gasteiger partial charge in [0.15, 0.2) is 0 Å². The number of amides is 1. The monoisotopic (exact) mass is 341 g/mol. The number of ether oxygens (including phenoxy) is 1. The molecule has 0 bridgehead atoms. The summed E-state index contributed by atoms with van der Waals surface area (Å²) < 4.78 is 30.1. The number of hydrogen-bond acceptors (Lipinski definition) is 3. The average Bonchev–Trinajstić information content (AvgIpc) is 3.03. The molecular formula is C18H25F2NO3. The quantitative estimate of drug-likeness (QED) is 0.828. The predicted octanol–water partition coefficient (Wildman–Crippen LogP) is 4.58. The minimum Gasteiger partial charge on any atom is -0.508 e. The second-order valence-electron chi connectivity index (χ2n) is 7.38. The van der Waals surface area contributed by atoms with Crippen molar-refractivity contribution in [2.45, 2.75) is 69.9 Å². The summed E-state index contributed by atoms with van der Waals surface area (Å²) in [5.74, 6) is -3.03. The van der Waals surface area contributed by atoms with Crippen molar-refractivity contribution in [1.82, 2.24) is 5.32 Å². The van der Waals surface area contributed by atoms with Gasteiger partial charge in [-0.15, -0.1) is 0 Å². The second kappa shape index (κ2) is 6.95. The molecule has 4 nitrogen and oxygen atoms in total. The van der Waals surface area contributed by atoms with Crippen LogP contribution in [-0.4, -0.2) is 28.8 Å². The molecule has 1 aromatic rings. The first-order valence-electron chi connectivity index (χ1n) is 8.23. The number of nitrogens with one attached hydrogen (secondary N) is 1. The highest BCUT2D eigenvalue weighted by molar-refractivity contribution is 5.68. The van der Waals surface area contributed by atoms with E-state index in [0.29, 0.717) is 11.6 Å². The van der Waals surface area contributed by atoms with Gasteiger partial charge in [0.05, 0.1) is 5.92 Å². The van der Waals surface area contributed by atoms with E-state index in [2.05, 4.69) is 5.32 Å². The molecule has 0 aliphatic heterocycles. The van der Waals surface area contributed by atoms with Gasteiger partial charge in [-0.3, -0.25) is 0 Å². The topological polar surface area (TPSA) is 58.6 Å². The van der Waals surface area contributed by atoms with Gasteiger partial charge in [0.25, 0.3) is 5.92 Å². The van der Waals surface area contributed by atoms with Crippen LogP contribution in [0.5, 0.6) is 5.75 Å². The largest absolute Gasteiger partial charge is 0.508 e. The molecule has 134 valence electrons. The zero-order valence-corrected chi connectivity index (χ0v) is 14.3. The Balaban J connectivity index is 0.000000174. The van der Waals surface area contributed by atoms with Crippen LogP contribution in [0.2, 0.25) is 0 Å². The van der Waals surface area contributed by atoms with Crippen molar-refractivity contribution in [2.24, 2.45) is 0 Å². The van der Waals surface area contributed by atoms with Crippen molar-refractivity contribution in [3.05, 3.63) is 29.8 Å². The van der Waals surface area contributed by atoms with Crippen LogP contribution < -0.4 is 5.32 Å². The van der Waals surface area contributed by atoms with Gasteiger partial charge in [-0.25, -0.2) is 13.6 Å². The number of hydrogen-bond donors (Lipinski definition) is 2. The Bertz CT molecular complexity index is 563. The second-order valence-corrected chi connectivity index (χ2v) is 7.38. The highest BCUT2D eigenvalue weighted by atomic mass is 19.3. The molecule has 2 saturated carbocycles. The molecule has 1 aromatic carbocycles. The molecule has 2 fully saturated rings. The smallest absolute Gasteiger partial charge is 0.407 e. The van der Waals surface area contributed by atoms with Gasteiger partial charge in [0.2, 0.25) is 0 Å². The first kappa shape index (κ1) is 18.5. The predicted molar refractivity (Wildman–Crippen MR) is 87.4 cm³/mol. The molecule has 0 aromatic heterocycles. The Morgan fingerprint density at radius 1 is 1.25 bits per heavy atom. The lowest BCUT2D eigenvalue weighted by atomic mass is 9.93. The van der Waals surface area contributed by atoms with Crippen LogP contribution in [0.4, 0.5) is 13.6 Å². The molecule has 1 amide bonds. The Morgan fingerprint density at radius 2 is 1.79 bits per heavy atom. The van der Waals surface area contributed by atoms with Crippen molar-refractivity contribution < 1.29 is 23.4 Å². The molecule has 0 radical (unpaired) electrons. The van der Waals surface area contributed by atoms with Crippen LogP contribution in [0.25, 0.3) is 0 Å². The number of benzene rings is 1. The van der Waals surface area contributed by atoms with E-state index in [1.165, 1.54) is 18.6 Å². The minimum absolute atomic E-state index is 0.0578. The maximum absolute atomic E-state index is 12.5. The number of aromatic hydroxyl groups is 1. The first-order chi connectivity index (χ1) is 11.1. The van der Waals surface area contributed by atoms with Crippen LogP contribution in [0.1, 0.15) is 57.9 Å². The number of halogens is 2. The van der Waals surface area contributed by atoms with Crippen LogP contribution in [0.3, 0.4) is 0 Å². The summed E-state index contributed by atoms with van der Waals surface area (Å²) in [7, 11) is 0. The number of carbonyl (C=O) groups excluding carboxylic acids is 1. The molecule has 2 aliphatic carbocycles. The van der Waals surface area contributed by atoms with Gasteiger partial charge in [-0.1, -0.05) is 12.1 Å². The minimum atomic E-state index is -2.52. The number of alkyl carbamates (subject to hydrolysis) is 1. The normalized spacial score (nSPS) is 21.8. The number of alkyl halides is 2. The van der Waals surface area contributed by atoms with Gasteiger partial charge in [0, 0.05) is 12.5 Å². The fraction of sp³-hybridized carbons (Fsp3) is 0.611. The van der Waals surface area contributed by atoms with Gasteiger partial charge in [-0.2, -0.15) is 0 Å². The molecule has 2 N–H and O–H groups in total. The van der Waals surface area contributed by atoms with E-state index in [1.807, 2.05) is 20.8 Å². The van der Waals surface area contributed by atoms with E-state index in [1.54, 1.807) is 12.1 Å².